The summed E-state index contributed by atoms with van der Waals surface area (Å²) in [4.78, 5) is 2.06. The molecule has 0 atom stereocenters. The summed E-state index contributed by atoms with van der Waals surface area (Å²) >= 11 is 0. The van der Waals surface area contributed by atoms with Crippen molar-refractivity contribution in [1.82, 2.24) is 9.78 Å². The Labute approximate surface area is 107 Å². The predicted molar refractivity (Wildman–Crippen MR) is 69.2 cm³/mol. The summed E-state index contributed by atoms with van der Waals surface area (Å²) < 4.78 is 7.04. The van der Waals surface area contributed by atoms with Gasteiger partial charge >= 0.3 is 0 Å². The van der Waals surface area contributed by atoms with Crippen molar-refractivity contribution in [3.05, 3.63) is 5.56 Å². The smallest absolute Gasteiger partial charge is 0.171 e. The lowest BCUT2D eigenvalue weighted by atomic mass is 10.2. The van der Waals surface area contributed by atoms with Gasteiger partial charge in [-0.05, 0) is 5.92 Å². The number of rotatable bonds is 3. The highest BCUT2D eigenvalue weighted by Crippen LogP contribution is 2.25. The van der Waals surface area contributed by atoms with Gasteiger partial charge in [0.1, 0.15) is 17.5 Å². The lowest BCUT2D eigenvalue weighted by Gasteiger charge is -2.26. The molecule has 98 valence electrons. The largest absolute Gasteiger partial charge is 0.383 e. The highest BCUT2D eigenvalue weighted by Gasteiger charge is 2.22. The van der Waals surface area contributed by atoms with Gasteiger partial charge in [0.05, 0.1) is 13.2 Å². The number of nitrogens with two attached hydrogens (primary N) is 1. The Morgan fingerprint density at radius 2 is 2.11 bits per heavy atom. The summed E-state index contributed by atoms with van der Waals surface area (Å²) in [7, 11) is 0. The fourth-order valence-corrected chi connectivity index (χ4v) is 2.05. The highest BCUT2D eigenvalue weighted by molar-refractivity contribution is 5.65. The van der Waals surface area contributed by atoms with Gasteiger partial charge in [-0.1, -0.05) is 13.8 Å². The molecular weight excluding hydrogens is 230 g/mol. The maximum absolute atomic E-state index is 9.24. The summed E-state index contributed by atoms with van der Waals surface area (Å²) in [6, 6.07) is 2.16. The van der Waals surface area contributed by atoms with E-state index in [4.69, 9.17) is 10.5 Å². The maximum atomic E-state index is 9.24. The first kappa shape index (κ1) is 12.7. The third kappa shape index (κ3) is 2.41. The van der Waals surface area contributed by atoms with E-state index >= 15 is 0 Å². The summed E-state index contributed by atoms with van der Waals surface area (Å²) in [5.41, 5.74) is 6.47. The molecule has 0 radical (unpaired) electrons. The molecule has 0 unspecified atom stereocenters. The standard InChI is InChI=1S/C12H19N5O/c1-9(2)8-17-11(14)10(7-13)12(15-17)16-3-5-18-6-4-16/h9H,3-6,8,14H2,1-2H3. The lowest BCUT2D eigenvalue weighted by Crippen LogP contribution is -2.37. The van der Waals surface area contributed by atoms with Gasteiger partial charge in [0.25, 0.3) is 0 Å². The van der Waals surface area contributed by atoms with Gasteiger partial charge in [-0.2, -0.15) is 10.4 Å². The van der Waals surface area contributed by atoms with Crippen molar-refractivity contribution in [1.29, 1.82) is 5.26 Å². The predicted octanol–water partition coefficient (Wildman–Crippen LogP) is 0.830. The van der Waals surface area contributed by atoms with Crippen molar-refractivity contribution >= 4 is 11.6 Å². The number of hydrogen-bond donors (Lipinski definition) is 1. The number of anilines is 2. The van der Waals surface area contributed by atoms with Crippen molar-refractivity contribution in [3.63, 3.8) is 0 Å². The van der Waals surface area contributed by atoms with Crippen LogP contribution in [0.2, 0.25) is 0 Å². The minimum absolute atomic E-state index is 0.441. The van der Waals surface area contributed by atoms with Crippen LogP contribution < -0.4 is 10.6 Å². The van der Waals surface area contributed by atoms with Crippen LogP contribution in [0.3, 0.4) is 0 Å². The Morgan fingerprint density at radius 3 is 2.67 bits per heavy atom. The Balaban J connectivity index is 2.31. The van der Waals surface area contributed by atoms with E-state index in [1.165, 1.54) is 0 Å². The van der Waals surface area contributed by atoms with Gasteiger partial charge in [-0.3, -0.25) is 0 Å². The van der Waals surface area contributed by atoms with Crippen molar-refractivity contribution in [3.8, 4) is 6.07 Å². The van der Waals surface area contributed by atoms with E-state index in [1.54, 1.807) is 4.68 Å². The zero-order valence-electron chi connectivity index (χ0n) is 10.9. The van der Waals surface area contributed by atoms with Gasteiger partial charge in [0.2, 0.25) is 0 Å². The summed E-state index contributed by atoms with van der Waals surface area (Å²) in [6.45, 7) is 7.78. The van der Waals surface area contributed by atoms with Crippen molar-refractivity contribution < 1.29 is 4.74 Å². The number of nitriles is 1. The zero-order chi connectivity index (χ0) is 13.1. The molecular formula is C12H19N5O. The lowest BCUT2D eigenvalue weighted by molar-refractivity contribution is 0.122. The Kier molecular flexibility index (Phi) is 3.72. The molecule has 1 aromatic heterocycles. The van der Waals surface area contributed by atoms with Crippen LogP contribution in [-0.2, 0) is 11.3 Å². The number of ether oxygens (including phenoxy) is 1. The molecule has 2 heterocycles. The quantitative estimate of drug-likeness (QED) is 0.858. The number of nitrogen functional groups attached to an aromatic ring is 1. The first-order valence-electron chi connectivity index (χ1n) is 6.22. The van der Waals surface area contributed by atoms with Crippen molar-refractivity contribution in [2.75, 3.05) is 36.9 Å². The molecule has 2 rings (SSSR count). The van der Waals surface area contributed by atoms with Gasteiger partial charge in [-0.15, -0.1) is 0 Å². The molecule has 1 fully saturated rings. The first-order valence-corrected chi connectivity index (χ1v) is 6.22. The molecule has 0 spiro atoms. The van der Waals surface area contributed by atoms with E-state index in [1.807, 2.05) is 0 Å². The average molecular weight is 249 g/mol. The second kappa shape index (κ2) is 5.27. The minimum atomic E-state index is 0.441. The average Bonchev–Trinajstić information content (AvgIpc) is 2.67. The molecule has 6 nitrogen and oxygen atoms in total. The number of hydrogen-bond acceptors (Lipinski definition) is 5. The van der Waals surface area contributed by atoms with Crippen LogP contribution in [0.15, 0.2) is 0 Å². The molecule has 1 saturated heterocycles. The molecule has 0 amide bonds. The van der Waals surface area contributed by atoms with E-state index in [2.05, 4.69) is 29.9 Å². The third-order valence-electron chi connectivity index (χ3n) is 2.93. The summed E-state index contributed by atoms with van der Waals surface area (Å²) in [5.74, 6) is 1.60. The SMILES string of the molecule is CC(C)Cn1nc(N2CCOCC2)c(C#N)c1N. The summed E-state index contributed by atoms with van der Waals surface area (Å²) in [5, 5.41) is 13.7. The molecule has 1 aromatic rings. The van der Waals surface area contributed by atoms with E-state index < -0.39 is 0 Å². The van der Waals surface area contributed by atoms with E-state index in [0.29, 0.717) is 36.3 Å². The molecule has 0 bridgehead atoms. The number of morpholine rings is 1. The Hall–Kier alpha value is -1.74. The minimum Gasteiger partial charge on any atom is -0.383 e. The van der Waals surface area contributed by atoms with Gasteiger partial charge in [-0.25, -0.2) is 4.68 Å². The second-order valence-corrected chi connectivity index (χ2v) is 4.87. The van der Waals surface area contributed by atoms with Gasteiger partial charge in [0, 0.05) is 19.6 Å². The van der Waals surface area contributed by atoms with Crippen LogP contribution in [-0.4, -0.2) is 36.1 Å². The van der Waals surface area contributed by atoms with Crippen LogP contribution in [0.25, 0.3) is 0 Å². The normalized spacial score (nSPS) is 16.0. The fourth-order valence-electron chi connectivity index (χ4n) is 2.05. The van der Waals surface area contributed by atoms with Crippen LogP contribution in [0, 0.1) is 17.2 Å². The van der Waals surface area contributed by atoms with Crippen molar-refractivity contribution in [2.24, 2.45) is 5.92 Å². The van der Waals surface area contributed by atoms with Gasteiger partial charge in [0.15, 0.2) is 5.82 Å². The van der Waals surface area contributed by atoms with Crippen LogP contribution in [0.5, 0.6) is 0 Å². The molecule has 6 heteroatoms. The Bertz CT molecular complexity index is 454. The molecule has 0 aliphatic carbocycles. The van der Waals surface area contributed by atoms with Gasteiger partial charge < -0.3 is 15.4 Å². The van der Waals surface area contributed by atoms with E-state index in [0.717, 1.165) is 19.6 Å². The molecule has 1 aliphatic rings. The maximum Gasteiger partial charge on any atom is 0.171 e. The zero-order valence-corrected chi connectivity index (χ0v) is 10.9. The highest BCUT2D eigenvalue weighted by atomic mass is 16.5. The fraction of sp³-hybridized carbons (Fsp3) is 0.667. The van der Waals surface area contributed by atoms with E-state index in [9.17, 15) is 5.26 Å². The molecule has 0 saturated carbocycles. The summed E-state index contributed by atoms with van der Waals surface area (Å²) in [6.07, 6.45) is 0. The first-order chi connectivity index (χ1) is 8.63. The van der Waals surface area contributed by atoms with Crippen LogP contribution in [0.4, 0.5) is 11.6 Å². The third-order valence-corrected chi connectivity index (χ3v) is 2.93. The van der Waals surface area contributed by atoms with Crippen LogP contribution >= 0.6 is 0 Å². The van der Waals surface area contributed by atoms with Crippen LogP contribution in [0.1, 0.15) is 19.4 Å². The molecule has 1 aliphatic heterocycles. The molecule has 18 heavy (non-hydrogen) atoms. The monoisotopic (exact) mass is 249 g/mol. The second-order valence-electron chi connectivity index (χ2n) is 4.87. The number of nitrogens with zero attached hydrogens (tertiary/aromatic N) is 4. The molecule has 0 aromatic carbocycles. The van der Waals surface area contributed by atoms with Crippen molar-refractivity contribution in [2.45, 2.75) is 20.4 Å². The molecule has 2 N–H and O–H groups in total. The number of aromatic nitrogens is 2. The Morgan fingerprint density at radius 1 is 1.44 bits per heavy atom. The topological polar surface area (TPSA) is 80.1 Å². The van der Waals surface area contributed by atoms with E-state index in [-0.39, 0.29) is 0 Å².